The fourth-order valence-electron chi connectivity index (χ4n) is 3.01. The lowest BCUT2D eigenvalue weighted by molar-refractivity contribution is -0.144. The minimum Gasteiger partial charge on any atom is -0.404 e. The normalized spacial score (nSPS) is 13.8. The van der Waals surface area contributed by atoms with Crippen LogP contribution in [0.15, 0.2) is 53.9 Å². The Morgan fingerprint density at radius 1 is 1.17 bits per heavy atom. The third-order valence-corrected chi connectivity index (χ3v) is 4.73. The molecule has 0 radical (unpaired) electrons. The van der Waals surface area contributed by atoms with E-state index >= 15 is 0 Å². The third kappa shape index (κ3) is 6.71. The average molecular weight is 514 g/mol. The predicted octanol–water partition coefficient (Wildman–Crippen LogP) is 3.34. The number of urea groups is 1. The Bertz CT molecular complexity index is 1280. The zero-order valence-electron chi connectivity index (χ0n) is 18.3. The van der Waals surface area contributed by atoms with Gasteiger partial charge in [-0.1, -0.05) is 12.1 Å². The first-order valence-corrected chi connectivity index (χ1v) is 10.2. The van der Waals surface area contributed by atoms with E-state index in [0.717, 1.165) is 12.4 Å². The largest absolute Gasteiger partial charge is 0.411 e. The lowest BCUT2D eigenvalue weighted by Crippen LogP contribution is -2.36. The minimum absolute atomic E-state index is 0.160. The number of fused-ring (bicyclic) bond motifs is 1. The van der Waals surface area contributed by atoms with Gasteiger partial charge in [0, 0.05) is 41.3 Å². The number of alkyl halides is 6. The van der Waals surface area contributed by atoms with E-state index in [2.05, 4.69) is 20.4 Å². The summed E-state index contributed by atoms with van der Waals surface area (Å²) >= 11 is 0. The summed E-state index contributed by atoms with van der Waals surface area (Å²) in [6, 6.07) is 4.64. The Morgan fingerprint density at radius 3 is 2.56 bits per heavy atom. The summed E-state index contributed by atoms with van der Waals surface area (Å²) in [6.07, 6.45) is -4.31. The number of benzene rings is 1. The predicted molar refractivity (Wildman–Crippen MR) is 121 cm³/mol. The molecule has 9 nitrogen and oxygen atoms in total. The van der Waals surface area contributed by atoms with E-state index in [1.165, 1.54) is 35.1 Å². The zero-order valence-corrected chi connectivity index (χ0v) is 18.3. The van der Waals surface area contributed by atoms with Crippen LogP contribution in [0.25, 0.3) is 22.5 Å². The number of carbonyl (C=O) groups excluding carboxylic acids is 1. The smallest absolute Gasteiger partial charge is 0.404 e. The van der Waals surface area contributed by atoms with Gasteiger partial charge in [-0.05, 0) is 18.2 Å². The first-order chi connectivity index (χ1) is 16.9. The molecule has 3 aromatic rings. The summed E-state index contributed by atoms with van der Waals surface area (Å²) in [5.74, 6) is 0. The number of imidazole rings is 1. The number of hydrogen-bond donors (Lipinski definition) is 4. The Labute approximate surface area is 199 Å². The van der Waals surface area contributed by atoms with Crippen LogP contribution >= 0.6 is 0 Å². The maximum absolute atomic E-state index is 12.9. The number of amides is 2. The molecule has 0 saturated carbocycles. The van der Waals surface area contributed by atoms with Gasteiger partial charge in [-0.25, -0.2) is 14.3 Å². The fraction of sp³-hybridized carbons (Fsp3) is 0.238. The summed E-state index contributed by atoms with van der Waals surface area (Å²) in [6.45, 7) is -2.21. The molecule has 0 saturated heterocycles. The highest BCUT2D eigenvalue weighted by Crippen LogP contribution is 2.25. The van der Waals surface area contributed by atoms with Gasteiger partial charge in [0.15, 0.2) is 11.7 Å². The van der Waals surface area contributed by atoms with Crippen molar-refractivity contribution in [1.82, 2.24) is 19.9 Å². The SMILES string of the molecule is NC=C(C=NC(CN)C(F)(F)F)c1cnn2c(-c3cccc(NC(=O)NCC(F)(F)F)c3)cnc2c1. The number of rotatable bonds is 7. The third-order valence-electron chi connectivity index (χ3n) is 4.73. The molecule has 36 heavy (non-hydrogen) atoms. The van der Waals surface area contributed by atoms with E-state index in [9.17, 15) is 31.1 Å². The van der Waals surface area contributed by atoms with Crippen molar-refractivity contribution in [2.24, 2.45) is 16.5 Å². The number of aromatic nitrogens is 3. The Morgan fingerprint density at radius 2 is 1.92 bits per heavy atom. The second kappa shape index (κ2) is 10.6. The standard InChI is InChI=1S/C21H20F6N8O/c22-20(23,24)11-32-19(36)34-15-3-1-2-12(4-15)16-10-31-18-5-13(9-33-35(16)18)14(6-28)8-30-17(7-29)21(25,26)27/h1-6,8-10,17H,7,11,28-29H2,(H2,32,34,36). The van der Waals surface area contributed by atoms with Gasteiger partial charge in [-0.3, -0.25) is 4.99 Å². The molecular formula is C21H20F6N8O. The maximum atomic E-state index is 12.9. The molecule has 1 atom stereocenters. The number of nitrogens with zero attached hydrogens (tertiary/aromatic N) is 4. The van der Waals surface area contributed by atoms with Gasteiger partial charge in [0.25, 0.3) is 0 Å². The van der Waals surface area contributed by atoms with Gasteiger partial charge in [-0.15, -0.1) is 0 Å². The van der Waals surface area contributed by atoms with Crippen molar-refractivity contribution >= 4 is 29.2 Å². The van der Waals surface area contributed by atoms with Crippen LogP contribution in [-0.2, 0) is 0 Å². The molecule has 6 N–H and O–H groups in total. The van der Waals surface area contributed by atoms with Crippen molar-refractivity contribution in [3.63, 3.8) is 0 Å². The maximum Gasteiger partial charge on any atom is 0.411 e. The van der Waals surface area contributed by atoms with E-state index in [-0.39, 0.29) is 11.3 Å². The first kappa shape index (κ1) is 26.5. The number of hydrogen-bond acceptors (Lipinski definition) is 6. The van der Waals surface area contributed by atoms with Gasteiger partial charge >= 0.3 is 18.4 Å². The lowest BCUT2D eigenvalue weighted by Gasteiger charge is -2.13. The van der Waals surface area contributed by atoms with E-state index in [1.54, 1.807) is 17.4 Å². The summed E-state index contributed by atoms with van der Waals surface area (Å²) in [4.78, 5) is 19.4. The van der Waals surface area contributed by atoms with Gasteiger partial charge in [0.05, 0.1) is 18.1 Å². The number of anilines is 1. The van der Waals surface area contributed by atoms with Crippen molar-refractivity contribution in [1.29, 1.82) is 0 Å². The van der Waals surface area contributed by atoms with E-state index in [1.807, 2.05) is 0 Å². The molecule has 192 valence electrons. The number of nitrogens with two attached hydrogens (primary N) is 2. The highest BCUT2D eigenvalue weighted by Gasteiger charge is 2.38. The lowest BCUT2D eigenvalue weighted by atomic mass is 10.1. The quantitative estimate of drug-likeness (QED) is 0.283. The molecule has 1 unspecified atom stereocenters. The van der Waals surface area contributed by atoms with Gasteiger partial charge in [0.1, 0.15) is 6.54 Å². The first-order valence-electron chi connectivity index (χ1n) is 10.2. The molecule has 0 aliphatic rings. The minimum atomic E-state index is -4.60. The highest BCUT2D eigenvalue weighted by atomic mass is 19.4. The molecule has 0 aliphatic heterocycles. The topological polar surface area (TPSA) is 136 Å². The van der Waals surface area contributed by atoms with Crippen molar-refractivity contribution in [2.45, 2.75) is 18.4 Å². The number of nitrogens with one attached hydrogen (secondary N) is 2. The van der Waals surface area contributed by atoms with E-state index in [4.69, 9.17) is 11.5 Å². The molecule has 15 heteroatoms. The molecule has 2 aromatic heterocycles. The molecular weight excluding hydrogens is 494 g/mol. The van der Waals surface area contributed by atoms with Gasteiger partial charge < -0.3 is 22.1 Å². The van der Waals surface area contributed by atoms with Crippen LogP contribution in [0.3, 0.4) is 0 Å². The van der Waals surface area contributed by atoms with Crippen molar-refractivity contribution in [3.05, 3.63) is 54.5 Å². The summed E-state index contributed by atoms with van der Waals surface area (Å²) in [5, 5.41) is 8.27. The Hall–Kier alpha value is -4.14. The highest BCUT2D eigenvalue weighted by molar-refractivity contribution is 6.09. The van der Waals surface area contributed by atoms with Crippen LogP contribution in [0, 0.1) is 0 Å². The second-order valence-electron chi connectivity index (χ2n) is 7.35. The average Bonchev–Trinajstić information content (AvgIpc) is 3.23. The number of carbonyl (C=O) groups is 1. The molecule has 2 heterocycles. The molecule has 0 spiro atoms. The van der Waals surface area contributed by atoms with Crippen LogP contribution in [0.4, 0.5) is 36.8 Å². The zero-order chi connectivity index (χ0) is 26.5. The van der Waals surface area contributed by atoms with Crippen molar-refractivity contribution in [3.8, 4) is 11.3 Å². The molecule has 2 amide bonds. The van der Waals surface area contributed by atoms with E-state index in [0.29, 0.717) is 22.5 Å². The second-order valence-corrected chi connectivity index (χ2v) is 7.35. The van der Waals surface area contributed by atoms with Crippen molar-refractivity contribution in [2.75, 3.05) is 18.4 Å². The van der Waals surface area contributed by atoms with Crippen LogP contribution in [0.2, 0.25) is 0 Å². The molecule has 0 fully saturated rings. The molecule has 0 bridgehead atoms. The Kier molecular flexibility index (Phi) is 7.82. The van der Waals surface area contributed by atoms with Gasteiger partial charge in [-0.2, -0.15) is 31.4 Å². The number of allylic oxidation sites excluding steroid dienone is 1. The summed E-state index contributed by atoms with van der Waals surface area (Å²) in [7, 11) is 0. The fourth-order valence-corrected chi connectivity index (χ4v) is 3.01. The van der Waals surface area contributed by atoms with Crippen LogP contribution in [0.1, 0.15) is 5.56 Å². The monoisotopic (exact) mass is 514 g/mol. The van der Waals surface area contributed by atoms with Crippen LogP contribution in [-0.4, -0.2) is 58.3 Å². The summed E-state index contributed by atoms with van der Waals surface area (Å²) in [5.41, 5.74) is 12.8. The van der Waals surface area contributed by atoms with Crippen molar-refractivity contribution < 1.29 is 31.1 Å². The number of halogens is 6. The van der Waals surface area contributed by atoms with Crippen LogP contribution < -0.4 is 22.1 Å². The molecule has 3 rings (SSSR count). The van der Waals surface area contributed by atoms with Gasteiger partial charge in [0.2, 0.25) is 0 Å². The Balaban J connectivity index is 1.82. The summed E-state index contributed by atoms with van der Waals surface area (Å²) < 4.78 is 76.9. The number of aliphatic imine (C=N–C) groups is 1. The van der Waals surface area contributed by atoms with E-state index < -0.39 is 37.5 Å². The molecule has 0 aliphatic carbocycles. The van der Waals surface area contributed by atoms with Crippen LogP contribution in [0.5, 0.6) is 0 Å². The molecule has 1 aromatic carbocycles.